The van der Waals surface area contributed by atoms with Crippen molar-refractivity contribution in [3.05, 3.63) is 52.3 Å². The van der Waals surface area contributed by atoms with E-state index in [4.69, 9.17) is 10.8 Å². The highest BCUT2D eigenvalue weighted by molar-refractivity contribution is 9.10. The molecule has 112 valence electrons. The van der Waals surface area contributed by atoms with Gasteiger partial charge in [-0.3, -0.25) is 4.68 Å². The van der Waals surface area contributed by atoms with Crippen LogP contribution >= 0.6 is 15.9 Å². The van der Waals surface area contributed by atoms with Gasteiger partial charge in [0.2, 0.25) is 0 Å². The van der Waals surface area contributed by atoms with Gasteiger partial charge < -0.3 is 5.73 Å². The number of nitrogens with two attached hydrogens (primary N) is 1. The summed E-state index contributed by atoms with van der Waals surface area (Å²) in [5.41, 5.74) is 8.34. The van der Waals surface area contributed by atoms with Gasteiger partial charge in [0.15, 0.2) is 0 Å². The smallest absolute Gasteiger partial charge is 0.0646 e. The van der Waals surface area contributed by atoms with Crippen LogP contribution in [-0.4, -0.2) is 9.78 Å². The second-order valence-electron chi connectivity index (χ2n) is 6.33. The molecule has 1 heterocycles. The van der Waals surface area contributed by atoms with Gasteiger partial charge in [0.05, 0.1) is 11.7 Å². The normalized spacial score (nSPS) is 18.8. The Morgan fingerprint density at radius 2 is 1.90 bits per heavy atom. The first-order valence-electron chi connectivity index (χ1n) is 7.63. The molecule has 3 rings (SSSR count). The van der Waals surface area contributed by atoms with Gasteiger partial charge in [0.25, 0.3) is 0 Å². The molecule has 2 N–H and O–H groups in total. The number of halogens is 1. The summed E-state index contributed by atoms with van der Waals surface area (Å²) >= 11 is 3.46. The average Bonchev–Trinajstić information content (AvgIpc) is 3.09. The molecule has 1 atom stereocenters. The lowest BCUT2D eigenvalue weighted by Crippen LogP contribution is -2.35. The Bertz CT molecular complexity index is 595. The number of nitrogens with zero attached hydrogens (tertiary/aromatic N) is 2. The highest BCUT2D eigenvalue weighted by Gasteiger charge is 2.24. The first kappa shape index (κ1) is 14.8. The highest BCUT2D eigenvalue weighted by Crippen LogP contribution is 2.29. The van der Waals surface area contributed by atoms with E-state index in [2.05, 4.69) is 51.9 Å². The summed E-state index contributed by atoms with van der Waals surface area (Å²) in [4.78, 5) is 0. The molecule has 4 heteroatoms. The summed E-state index contributed by atoms with van der Waals surface area (Å²) in [5, 5.41) is 4.75. The summed E-state index contributed by atoms with van der Waals surface area (Å²) in [5.74, 6) is 0. The van der Waals surface area contributed by atoms with Gasteiger partial charge in [-0.2, -0.15) is 5.10 Å². The molecular formula is C17H22BrN3. The highest BCUT2D eigenvalue weighted by atomic mass is 79.9. The molecule has 0 amide bonds. The van der Waals surface area contributed by atoms with Crippen molar-refractivity contribution in [3.8, 4) is 0 Å². The molecule has 1 aliphatic carbocycles. The minimum Gasteiger partial charge on any atom is -0.321 e. The van der Waals surface area contributed by atoms with E-state index >= 15 is 0 Å². The van der Waals surface area contributed by atoms with Crippen molar-refractivity contribution >= 4 is 15.9 Å². The third-order valence-electron chi connectivity index (χ3n) is 4.41. The molecule has 21 heavy (non-hydrogen) atoms. The molecule has 0 radical (unpaired) electrons. The Balaban J connectivity index is 1.74. The Hall–Kier alpha value is -1.13. The van der Waals surface area contributed by atoms with E-state index in [0.29, 0.717) is 6.04 Å². The zero-order valence-corrected chi connectivity index (χ0v) is 14.0. The quantitative estimate of drug-likeness (QED) is 0.901. The van der Waals surface area contributed by atoms with Gasteiger partial charge in [-0.25, -0.2) is 0 Å². The fraction of sp³-hybridized carbons (Fsp3) is 0.471. The molecule has 1 fully saturated rings. The molecule has 1 aliphatic rings. The van der Waals surface area contributed by atoms with Crippen LogP contribution in [0, 0.1) is 0 Å². The monoisotopic (exact) mass is 347 g/mol. The third kappa shape index (κ3) is 3.38. The standard InChI is InChI=1S/C17H22BrN3/c1-17(19,13-6-8-14(18)9-7-13)12-15-10-11-21(20-15)16-4-2-3-5-16/h6-11,16H,2-5,12,19H2,1H3. The lowest BCUT2D eigenvalue weighted by atomic mass is 9.88. The van der Waals surface area contributed by atoms with Crippen molar-refractivity contribution in [1.29, 1.82) is 0 Å². The molecule has 1 saturated carbocycles. The average molecular weight is 348 g/mol. The lowest BCUT2D eigenvalue weighted by molar-refractivity contribution is 0.445. The van der Waals surface area contributed by atoms with Crippen molar-refractivity contribution in [2.24, 2.45) is 5.73 Å². The van der Waals surface area contributed by atoms with Crippen LogP contribution in [0.4, 0.5) is 0 Å². The molecular weight excluding hydrogens is 326 g/mol. The predicted molar refractivity (Wildman–Crippen MR) is 89.1 cm³/mol. The van der Waals surface area contributed by atoms with Crippen LogP contribution < -0.4 is 5.73 Å². The molecule has 1 aromatic carbocycles. The maximum absolute atomic E-state index is 6.52. The zero-order chi connectivity index (χ0) is 14.9. The summed E-state index contributed by atoms with van der Waals surface area (Å²) in [7, 11) is 0. The van der Waals surface area contributed by atoms with E-state index in [-0.39, 0.29) is 0 Å². The van der Waals surface area contributed by atoms with Crippen molar-refractivity contribution in [3.63, 3.8) is 0 Å². The van der Waals surface area contributed by atoms with Crippen LogP contribution in [-0.2, 0) is 12.0 Å². The van der Waals surface area contributed by atoms with Crippen LogP contribution in [0.1, 0.15) is 49.9 Å². The number of benzene rings is 1. The van der Waals surface area contributed by atoms with E-state index in [1.165, 1.54) is 25.7 Å². The Morgan fingerprint density at radius 3 is 2.57 bits per heavy atom. The first-order valence-corrected chi connectivity index (χ1v) is 8.43. The summed E-state index contributed by atoms with van der Waals surface area (Å²) in [6, 6.07) is 10.9. The molecule has 3 nitrogen and oxygen atoms in total. The summed E-state index contributed by atoms with van der Waals surface area (Å²) < 4.78 is 3.22. The van der Waals surface area contributed by atoms with E-state index < -0.39 is 5.54 Å². The lowest BCUT2D eigenvalue weighted by Gasteiger charge is -2.24. The minimum atomic E-state index is -0.393. The summed E-state index contributed by atoms with van der Waals surface area (Å²) in [6.07, 6.45) is 8.04. The Morgan fingerprint density at radius 1 is 1.24 bits per heavy atom. The molecule has 1 aromatic heterocycles. The van der Waals surface area contributed by atoms with Gasteiger partial charge in [0, 0.05) is 22.6 Å². The number of hydrogen-bond donors (Lipinski definition) is 1. The van der Waals surface area contributed by atoms with E-state index in [1.807, 2.05) is 12.1 Å². The van der Waals surface area contributed by atoms with Crippen molar-refractivity contribution in [2.75, 3.05) is 0 Å². The predicted octanol–water partition coefficient (Wildman–Crippen LogP) is 4.18. The summed E-state index contributed by atoms with van der Waals surface area (Å²) in [6.45, 7) is 2.07. The fourth-order valence-electron chi connectivity index (χ4n) is 3.15. The van der Waals surface area contributed by atoms with E-state index in [0.717, 1.165) is 22.2 Å². The van der Waals surface area contributed by atoms with Crippen molar-refractivity contribution in [2.45, 2.75) is 50.6 Å². The van der Waals surface area contributed by atoms with Gasteiger partial charge in [-0.1, -0.05) is 40.9 Å². The zero-order valence-electron chi connectivity index (χ0n) is 12.4. The molecule has 0 bridgehead atoms. The SMILES string of the molecule is CC(N)(Cc1ccn(C2CCCC2)n1)c1ccc(Br)cc1. The first-order chi connectivity index (χ1) is 10.0. The third-order valence-corrected chi connectivity index (χ3v) is 4.94. The number of rotatable bonds is 4. The van der Waals surface area contributed by atoms with Crippen LogP contribution in [0.2, 0.25) is 0 Å². The maximum atomic E-state index is 6.52. The van der Waals surface area contributed by atoms with Crippen LogP contribution in [0.3, 0.4) is 0 Å². The molecule has 2 aromatic rings. The van der Waals surface area contributed by atoms with Crippen molar-refractivity contribution < 1.29 is 0 Å². The topological polar surface area (TPSA) is 43.8 Å². The molecule has 1 unspecified atom stereocenters. The van der Waals surface area contributed by atoms with Gasteiger partial charge in [0.1, 0.15) is 0 Å². The van der Waals surface area contributed by atoms with Crippen molar-refractivity contribution in [1.82, 2.24) is 9.78 Å². The van der Waals surface area contributed by atoms with Crippen LogP contribution in [0.25, 0.3) is 0 Å². The molecule has 0 saturated heterocycles. The molecule has 0 aliphatic heterocycles. The number of aromatic nitrogens is 2. The van der Waals surface area contributed by atoms with Crippen LogP contribution in [0.15, 0.2) is 41.0 Å². The van der Waals surface area contributed by atoms with E-state index in [1.54, 1.807) is 0 Å². The maximum Gasteiger partial charge on any atom is 0.0646 e. The largest absolute Gasteiger partial charge is 0.321 e. The van der Waals surface area contributed by atoms with Gasteiger partial charge >= 0.3 is 0 Å². The molecule has 0 spiro atoms. The van der Waals surface area contributed by atoms with Gasteiger partial charge in [-0.05, 0) is 43.5 Å². The minimum absolute atomic E-state index is 0.393. The number of hydrogen-bond acceptors (Lipinski definition) is 2. The second-order valence-corrected chi connectivity index (χ2v) is 7.24. The Labute approximate surface area is 134 Å². The van der Waals surface area contributed by atoms with Gasteiger partial charge in [-0.15, -0.1) is 0 Å². The van der Waals surface area contributed by atoms with E-state index in [9.17, 15) is 0 Å². The Kier molecular flexibility index (Phi) is 4.18. The second kappa shape index (κ2) is 5.93. The van der Waals surface area contributed by atoms with Crippen LogP contribution in [0.5, 0.6) is 0 Å². The fourth-order valence-corrected chi connectivity index (χ4v) is 3.42.